The smallest absolute Gasteiger partial charge is 0.398 e. The van der Waals surface area contributed by atoms with Gasteiger partial charge in [0, 0.05) is 41.8 Å². The van der Waals surface area contributed by atoms with Crippen LogP contribution in [0.5, 0.6) is 0 Å². The Hall–Kier alpha value is -2.38. The number of H-pyrrole nitrogens is 1. The second-order valence-electron chi connectivity index (χ2n) is 12.0. The van der Waals surface area contributed by atoms with Gasteiger partial charge in [0.25, 0.3) is 0 Å². The largest absolute Gasteiger partial charge is 0.512 e. The predicted molar refractivity (Wildman–Crippen MR) is 180 cm³/mol. The summed E-state index contributed by atoms with van der Waals surface area (Å²) in [5.41, 5.74) is 2.51. The van der Waals surface area contributed by atoms with E-state index in [4.69, 9.17) is 14.0 Å². The second-order valence-corrected chi connectivity index (χ2v) is 14.8. The van der Waals surface area contributed by atoms with Crippen LogP contribution < -0.4 is 10.5 Å². The van der Waals surface area contributed by atoms with E-state index in [2.05, 4.69) is 71.7 Å². The number of carbonyl (C=O) groups is 1. The molecule has 1 N–H and O–H groups in total. The molecule has 3 saturated heterocycles. The van der Waals surface area contributed by atoms with E-state index in [1.807, 2.05) is 32.0 Å². The van der Waals surface area contributed by atoms with E-state index in [1.165, 1.54) is 5.39 Å². The number of para-hydroxylation sites is 1. The summed E-state index contributed by atoms with van der Waals surface area (Å²) < 4.78 is 43.1. The summed E-state index contributed by atoms with van der Waals surface area (Å²) in [6, 6.07) is 15.3. The number of nitrogens with one attached hydrogen (secondary N) is 1. The summed E-state index contributed by atoms with van der Waals surface area (Å²) >= 11 is 3.47. The van der Waals surface area contributed by atoms with Crippen molar-refractivity contribution in [1.29, 1.82) is 0 Å². The molecule has 240 valence electrons. The van der Waals surface area contributed by atoms with E-state index in [-0.39, 0.29) is 29.1 Å². The van der Waals surface area contributed by atoms with Gasteiger partial charge >= 0.3 is 7.12 Å². The highest BCUT2D eigenvalue weighted by Crippen LogP contribution is 2.36. The highest BCUT2D eigenvalue weighted by atomic mass is 79.9. The number of fused-ring (bicyclic) bond motifs is 1. The van der Waals surface area contributed by atoms with Crippen molar-refractivity contribution >= 4 is 61.0 Å². The molecule has 1 aromatic heterocycles. The van der Waals surface area contributed by atoms with Gasteiger partial charge in [-0.05, 0) is 92.2 Å². The number of halogens is 1. The van der Waals surface area contributed by atoms with Gasteiger partial charge < -0.3 is 28.8 Å². The molecule has 0 saturated carbocycles. The number of sulfone groups is 1. The summed E-state index contributed by atoms with van der Waals surface area (Å²) in [6.45, 7) is 16.1. The van der Waals surface area contributed by atoms with E-state index in [1.54, 1.807) is 17.0 Å². The number of aromatic amines is 1. The SMILES string of the molecule is CC.CC1(C)OB(c2cc3ccccc3[nH]2)OC1(C)C.O=C(CS(=O)(=O)c1ccc(N2CCCC2)c(Br)c1)N1CCOCC1. The first-order chi connectivity index (χ1) is 20.9. The van der Waals surface area contributed by atoms with Gasteiger partial charge in [-0.2, -0.15) is 0 Å². The molecule has 0 atom stereocenters. The van der Waals surface area contributed by atoms with Crippen molar-refractivity contribution in [2.24, 2.45) is 0 Å². The molecule has 3 fully saturated rings. The molecular weight excluding hydrogens is 645 g/mol. The van der Waals surface area contributed by atoms with Gasteiger partial charge in [0.15, 0.2) is 9.84 Å². The third kappa shape index (κ3) is 7.88. The molecule has 2 aromatic carbocycles. The van der Waals surface area contributed by atoms with Crippen molar-refractivity contribution in [3.8, 4) is 0 Å². The normalized spacial score (nSPS) is 19.3. The molecule has 12 heteroatoms. The zero-order valence-electron chi connectivity index (χ0n) is 26.7. The zero-order chi connectivity index (χ0) is 32.1. The average molecular weight is 691 g/mol. The first kappa shape index (κ1) is 34.5. The minimum absolute atomic E-state index is 0.180. The fourth-order valence-corrected chi connectivity index (χ4v) is 7.27. The molecule has 3 aliphatic heterocycles. The minimum Gasteiger partial charge on any atom is -0.398 e. The Labute approximate surface area is 270 Å². The molecule has 0 unspecified atom stereocenters. The zero-order valence-corrected chi connectivity index (χ0v) is 29.1. The summed E-state index contributed by atoms with van der Waals surface area (Å²) in [5, 5.41) is 1.18. The molecule has 1 amide bonds. The standard InChI is InChI=1S/C16H21BrN2O4S.C14H18BNO2.C2H6/c17-14-11-13(3-4-15(14)18-5-1-2-6-18)24(21,22)12-16(20)19-7-9-23-10-8-19;1-13(2)14(3,4)18-15(17-13)12-9-10-7-5-6-8-11(10)16-12;1-2/h3-4,11H,1-2,5-10,12H2;5-9,16H,1-4H3;1-2H3. The van der Waals surface area contributed by atoms with Gasteiger partial charge in [0.05, 0.1) is 35.0 Å². The van der Waals surface area contributed by atoms with Crippen LogP contribution in [0.4, 0.5) is 5.69 Å². The number of anilines is 1. The Morgan fingerprint density at radius 3 is 2.14 bits per heavy atom. The molecule has 0 radical (unpaired) electrons. The highest BCUT2D eigenvalue weighted by Gasteiger charge is 2.52. The lowest BCUT2D eigenvalue weighted by Crippen LogP contribution is -2.43. The fourth-order valence-electron chi connectivity index (χ4n) is 5.24. The summed E-state index contributed by atoms with van der Waals surface area (Å²) in [5.74, 6) is -0.860. The van der Waals surface area contributed by atoms with Crippen LogP contribution in [0, 0.1) is 0 Å². The fraction of sp³-hybridized carbons (Fsp3) is 0.531. The molecule has 0 aliphatic carbocycles. The number of morpholine rings is 1. The van der Waals surface area contributed by atoms with Crippen molar-refractivity contribution in [3.63, 3.8) is 0 Å². The van der Waals surface area contributed by atoms with Crippen molar-refractivity contribution in [2.75, 3.05) is 50.0 Å². The number of amides is 1. The maximum Gasteiger partial charge on any atom is 0.512 e. The first-order valence-electron chi connectivity index (χ1n) is 15.4. The van der Waals surface area contributed by atoms with E-state index >= 15 is 0 Å². The van der Waals surface area contributed by atoms with Gasteiger partial charge in [-0.3, -0.25) is 4.79 Å². The van der Waals surface area contributed by atoms with Crippen LogP contribution in [0.3, 0.4) is 0 Å². The average Bonchev–Trinajstić information content (AvgIpc) is 3.73. The molecule has 3 aromatic rings. The lowest BCUT2D eigenvalue weighted by molar-refractivity contribution is -0.132. The van der Waals surface area contributed by atoms with E-state index in [9.17, 15) is 13.2 Å². The van der Waals surface area contributed by atoms with Crippen LogP contribution in [-0.4, -0.2) is 87.7 Å². The molecular formula is C32H45BBrN3O6S. The van der Waals surface area contributed by atoms with Crippen molar-refractivity contribution in [2.45, 2.75) is 70.5 Å². The van der Waals surface area contributed by atoms with Gasteiger partial charge in [-0.15, -0.1) is 0 Å². The number of hydrogen-bond donors (Lipinski definition) is 1. The van der Waals surface area contributed by atoms with E-state index in [0.717, 1.165) is 47.2 Å². The maximum atomic E-state index is 12.6. The van der Waals surface area contributed by atoms with E-state index in [0.29, 0.717) is 26.3 Å². The Morgan fingerprint density at radius 2 is 1.55 bits per heavy atom. The molecule has 9 nitrogen and oxygen atoms in total. The quantitative estimate of drug-likeness (QED) is 0.369. The number of hydrogen-bond acceptors (Lipinski definition) is 7. The molecule has 6 rings (SSSR count). The van der Waals surface area contributed by atoms with Crippen molar-refractivity contribution in [3.05, 3.63) is 53.0 Å². The summed E-state index contributed by atoms with van der Waals surface area (Å²) in [4.78, 5) is 19.5. The third-order valence-corrected chi connectivity index (χ3v) is 10.7. The Kier molecular flexibility index (Phi) is 11.3. The minimum atomic E-state index is -3.65. The maximum absolute atomic E-state index is 12.6. The van der Waals surface area contributed by atoms with Crippen LogP contribution in [0.25, 0.3) is 10.9 Å². The number of ether oxygens (including phenoxy) is 1. The number of nitrogens with zero attached hydrogens (tertiary/aromatic N) is 2. The number of aromatic nitrogens is 1. The van der Waals surface area contributed by atoms with Crippen molar-refractivity contribution in [1.82, 2.24) is 9.88 Å². The third-order valence-electron chi connectivity index (χ3n) is 8.46. The molecule has 0 bridgehead atoms. The van der Waals surface area contributed by atoms with Gasteiger partial charge in [0.2, 0.25) is 5.91 Å². The van der Waals surface area contributed by atoms with Crippen LogP contribution in [-0.2, 0) is 28.7 Å². The first-order valence-corrected chi connectivity index (χ1v) is 17.9. The Bertz CT molecular complexity index is 1480. The molecule has 3 aliphatic rings. The Balaban J connectivity index is 0.000000197. The van der Waals surface area contributed by atoms with Crippen LogP contribution in [0.1, 0.15) is 54.4 Å². The van der Waals surface area contributed by atoms with Gasteiger partial charge in [-0.25, -0.2) is 8.42 Å². The van der Waals surface area contributed by atoms with E-state index < -0.39 is 15.6 Å². The summed E-state index contributed by atoms with van der Waals surface area (Å²) in [7, 11) is -3.97. The molecule has 0 spiro atoms. The lowest BCUT2D eigenvalue weighted by atomic mass is 9.85. The number of carbonyl (C=O) groups excluding carboxylic acids is 1. The highest BCUT2D eigenvalue weighted by molar-refractivity contribution is 9.10. The van der Waals surface area contributed by atoms with Crippen LogP contribution in [0.2, 0.25) is 0 Å². The van der Waals surface area contributed by atoms with Crippen molar-refractivity contribution < 1.29 is 27.3 Å². The van der Waals surface area contributed by atoms with Crippen LogP contribution >= 0.6 is 15.9 Å². The van der Waals surface area contributed by atoms with Gasteiger partial charge in [0.1, 0.15) is 5.75 Å². The summed E-state index contributed by atoms with van der Waals surface area (Å²) in [6.07, 6.45) is 2.31. The lowest BCUT2D eigenvalue weighted by Gasteiger charge is -2.32. The number of benzene rings is 2. The Morgan fingerprint density at radius 1 is 0.932 bits per heavy atom. The monoisotopic (exact) mass is 689 g/mol. The second kappa shape index (κ2) is 14.4. The number of rotatable bonds is 5. The molecule has 44 heavy (non-hydrogen) atoms. The van der Waals surface area contributed by atoms with Gasteiger partial charge in [-0.1, -0.05) is 32.0 Å². The topological polar surface area (TPSA) is 101 Å². The van der Waals surface area contributed by atoms with Crippen LogP contribution in [0.15, 0.2) is 57.9 Å². The predicted octanol–water partition coefficient (Wildman–Crippen LogP) is 5.18. The molecule has 4 heterocycles.